The minimum atomic E-state index is -1.24. The Labute approximate surface area is 384 Å². The molecule has 1 aliphatic carbocycles. The molecule has 0 aliphatic heterocycles. The van der Waals surface area contributed by atoms with Crippen molar-refractivity contribution in [2.45, 2.75) is 5.41 Å². The van der Waals surface area contributed by atoms with Gasteiger partial charge in [-0.2, -0.15) is 0 Å². The number of carboxylic acid groups (broad SMARTS) is 1. The molecule has 4 N–H and O–H groups in total. The van der Waals surface area contributed by atoms with Crippen molar-refractivity contribution < 1.29 is 44.1 Å². The summed E-state index contributed by atoms with van der Waals surface area (Å²) in [5.74, 6) is 4.77. The van der Waals surface area contributed by atoms with Gasteiger partial charge in [-0.3, -0.25) is 9.59 Å². The van der Waals surface area contributed by atoms with Crippen LogP contribution in [0.2, 0.25) is 0 Å². The second-order valence-corrected chi connectivity index (χ2v) is 15.3. The third kappa shape index (κ3) is 8.42. The molecule has 2 amide bonds. The van der Waals surface area contributed by atoms with Crippen LogP contribution in [0.25, 0.3) is 11.1 Å². The molecule has 67 heavy (non-hydrogen) atoms. The minimum absolute atomic E-state index is 0.0178. The van der Waals surface area contributed by atoms with Crippen molar-refractivity contribution >= 4 is 29.2 Å². The van der Waals surface area contributed by atoms with Gasteiger partial charge in [0.05, 0.1) is 22.1 Å². The lowest BCUT2D eigenvalue weighted by molar-refractivity contribution is -0.438. The van der Waals surface area contributed by atoms with Crippen molar-refractivity contribution in [2.75, 3.05) is 10.6 Å². The van der Waals surface area contributed by atoms with Crippen LogP contribution in [0, 0.1) is 24.7 Å². The normalized spacial score (nSPS) is 11.7. The monoisotopic (exact) mass is 880 g/mol. The fraction of sp³-hybridized carbons (Fsp3) is 0.0179. The van der Waals surface area contributed by atoms with E-state index in [-0.39, 0.29) is 22.4 Å². The Hall–Kier alpha value is -9.39. The topological polar surface area (TPSA) is 153 Å². The number of hydrogen-bond acceptors (Lipinski definition) is 8. The summed E-state index contributed by atoms with van der Waals surface area (Å²) in [5.41, 5.74) is 7.49. The van der Waals surface area contributed by atoms with Gasteiger partial charge >= 0.3 is 5.97 Å². The number of nitrogens with one attached hydrogen (secondary N) is 2. The molecule has 8 aromatic rings. The first-order chi connectivity index (χ1) is 32.7. The SMILES string of the molecule is C#Cc1ccc(OOO)c(C(=O)Nc2ccc(Oc3ccc(C4(c5ccc(Oc6ccc(NC(=O)c7cc(C#C)ccc7C(=O)O)cc6)cc5)c5ccccc5-c5ccccc54)cc3)cc2)c1. The van der Waals surface area contributed by atoms with Crippen LogP contribution in [0.15, 0.2) is 182 Å². The summed E-state index contributed by atoms with van der Waals surface area (Å²) in [6.45, 7) is 0. The van der Waals surface area contributed by atoms with E-state index in [9.17, 15) is 19.5 Å². The number of terminal acetylenes is 2. The maximum Gasteiger partial charge on any atom is 0.336 e. The summed E-state index contributed by atoms with van der Waals surface area (Å²) < 4.78 is 12.5. The lowest BCUT2D eigenvalue weighted by atomic mass is 9.68. The van der Waals surface area contributed by atoms with Crippen molar-refractivity contribution in [3.8, 4) is 64.6 Å². The van der Waals surface area contributed by atoms with Crippen LogP contribution in [0.5, 0.6) is 28.7 Å². The third-order valence-corrected chi connectivity index (χ3v) is 11.4. The van der Waals surface area contributed by atoms with Crippen molar-refractivity contribution in [3.05, 3.63) is 232 Å². The second kappa shape index (κ2) is 18.4. The fourth-order valence-corrected chi connectivity index (χ4v) is 8.37. The molecular formula is C56H36N2O9. The molecule has 0 saturated carbocycles. The maximum absolute atomic E-state index is 13.1. The molecule has 0 bridgehead atoms. The van der Waals surface area contributed by atoms with Gasteiger partial charge in [-0.05, 0) is 148 Å². The summed E-state index contributed by atoms with van der Waals surface area (Å²) >= 11 is 0. The van der Waals surface area contributed by atoms with E-state index in [1.807, 2.05) is 36.4 Å². The molecule has 11 nitrogen and oxygen atoms in total. The van der Waals surface area contributed by atoms with Crippen molar-refractivity contribution in [3.63, 3.8) is 0 Å². The van der Waals surface area contributed by atoms with Crippen LogP contribution in [0.4, 0.5) is 11.4 Å². The van der Waals surface area contributed by atoms with Crippen LogP contribution in [-0.4, -0.2) is 28.1 Å². The molecule has 0 heterocycles. The number of carbonyl (C=O) groups excluding carboxylic acids is 2. The molecule has 0 unspecified atom stereocenters. The average molecular weight is 881 g/mol. The Morgan fingerprint density at radius 1 is 0.493 bits per heavy atom. The Bertz CT molecular complexity index is 3230. The van der Waals surface area contributed by atoms with E-state index in [1.54, 1.807) is 54.6 Å². The molecule has 0 aromatic heterocycles. The van der Waals surface area contributed by atoms with E-state index in [4.69, 9.17) is 32.5 Å². The van der Waals surface area contributed by atoms with Gasteiger partial charge < -0.3 is 30.1 Å². The van der Waals surface area contributed by atoms with E-state index in [0.717, 1.165) is 33.4 Å². The Kier molecular flexibility index (Phi) is 11.8. The number of hydrogen-bond donors (Lipinski definition) is 4. The molecule has 0 spiro atoms. The highest BCUT2D eigenvalue weighted by Crippen LogP contribution is 2.56. The van der Waals surface area contributed by atoms with Crippen LogP contribution in [-0.2, 0) is 10.5 Å². The first kappa shape index (κ1) is 42.9. The van der Waals surface area contributed by atoms with Crippen molar-refractivity contribution in [2.24, 2.45) is 0 Å². The number of amides is 2. The van der Waals surface area contributed by atoms with Crippen molar-refractivity contribution in [1.82, 2.24) is 0 Å². The van der Waals surface area contributed by atoms with Gasteiger partial charge in [0.25, 0.3) is 11.8 Å². The smallest absolute Gasteiger partial charge is 0.336 e. The molecule has 9 rings (SSSR count). The van der Waals surface area contributed by atoms with E-state index in [2.05, 4.69) is 88.2 Å². The number of carbonyl (C=O) groups is 3. The van der Waals surface area contributed by atoms with Crippen LogP contribution < -0.4 is 25.0 Å². The number of anilines is 2. The largest absolute Gasteiger partial charge is 0.478 e. The number of carboxylic acids is 1. The summed E-state index contributed by atoms with van der Waals surface area (Å²) in [6, 6.07) is 55.0. The standard InChI is InChI=1S/C56H36N2O9/c1-3-35-13-31-47(55(61)62)48(33-35)53(59)57-39-19-27-43(28-20-39)64-41-23-15-37(16-24-41)56(50-11-7-5-9-45(50)46-10-6-8-12-51(46)56)38-17-25-42(26-18-38)65-44-29-21-40(22-30-44)58-54(60)49-34-36(4-2)14-32-52(49)66-67-63/h1-2,5-34,63H,(H,57,59)(H,58,60)(H,61,62). The maximum atomic E-state index is 13.1. The Balaban J connectivity index is 0.945. The number of fused-ring (bicyclic) bond motifs is 3. The predicted molar refractivity (Wildman–Crippen MR) is 253 cm³/mol. The molecule has 1 aliphatic rings. The number of ether oxygens (including phenoxy) is 2. The number of rotatable bonds is 13. The number of aromatic carboxylic acids is 1. The van der Waals surface area contributed by atoms with Gasteiger partial charge in [0.15, 0.2) is 5.75 Å². The zero-order chi connectivity index (χ0) is 46.5. The molecule has 8 aromatic carbocycles. The lowest BCUT2D eigenvalue weighted by Gasteiger charge is -2.34. The highest BCUT2D eigenvalue weighted by atomic mass is 17.5. The summed E-state index contributed by atoms with van der Waals surface area (Å²) in [7, 11) is 0. The zero-order valence-electron chi connectivity index (χ0n) is 35.2. The lowest BCUT2D eigenvalue weighted by Crippen LogP contribution is -2.28. The molecule has 0 atom stereocenters. The Morgan fingerprint density at radius 3 is 1.36 bits per heavy atom. The van der Waals surface area contributed by atoms with Gasteiger partial charge in [0.2, 0.25) is 0 Å². The summed E-state index contributed by atoms with van der Waals surface area (Å²) in [4.78, 5) is 42.7. The summed E-state index contributed by atoms with van der Waals surface area (Å²) in [6.07, 6.45) is 11.0. The first-order valence-electron chi connectivity index (χ1n) is 20.7. The predicted octanol–water partition coefficient (Wildman–Crippen LogP) is 11.6. The highest BCUT2D eigenvalue weighted by molar-refractivity contribution is 6.11. The van der Waals surface area contributed by atoms with E-state index >= 15 is 0 Å². The first-order valence-corrected chi connectivity index (χ1v) is 20.7. The molecular weight excluding hydrogens is 845 g/mol. The van der Waals surface area contributed by atoms with Crippen molar-refractivity contribution in [1.29, 1.82) is 0 Å². The average Bonchev–Trinajstić information content (AvgIpc) is 3.66. The van der Waals surface area contributed by atoms with E-state index < -0.39 is 23.2 Å². The molecule has 324 valence electrons. The Morgan fingerprint density at radius 2 is 0.910 bits per heavy atom. The minimum Gasteiger partial charge on any atom is -0.478 e. The van der Waals surface area contributed by atoms with E-state index in [0.29, 0.717) is 45.5 Å². The van der Waals surface area contributed by atoms with Gasteiger partial charge in [-0.1, -0.05) is 84.6 Å². The fourth-order valence-electron chi connectivity index (χ4n) is 8.37. The molecule has 0 saturated heterocycles. The van der Waals surface area contributed by atoms with Crippen LogP contribution >= 0.6 is 0 Å². The second-order valence-electron chi connectivity index (χ2n) is 15.3. The highest BCUT2D eigenvalue weighted by Gasteiger charge is 2.46. The van der Waals surface area contributed by atoms with E-state index in [1.165, 1.54) is 30.3 Å². The number of benzene rings is 8. The molecule has 0 radical (unpaired) electrons. The van der Waals surface area contributed by atoms with Gasteiger partial charge in [0.1, 0.15) is 23.0 Å². The molecule has 11 heteroatoms. The van der Waals surface area contributed by atoms with Gasteiger partial charge in [-0.15, -0.1) is 12.8 Å². The van der Waals surface area contributed by atoms with Gasteiger partial charge in [-0.25, -0.2) is 10.1 Å². The van der Waals surface area contributed by atoms with Gasteiger partial charge in [0, 0.05) is 22.5 Å². The third-order valence-electron chi connectivity index (χ3n) is 11.4. The summed E-state index contributed by atoms with van der Waals surface area (Å²) in [5, 5.41) is 27.7. The molecule has 0 fully saturated rings. The van der Waals surface area contributed by atoms with Crippen LogP contribution in [0.1, 0.15) is 64.5 Å². The quantitative estimate of drug-likeness (QED) is 0.0503. The van der Waals surface area contributed by atoms with Crippen LogP contribution in [0.3, 0.4) is 0 Å². The zero-order valence-corrected chi connectivity index (χ0v) is 35.2.